The summed E-state index contributed by atoms with van der Waals surface area (Å²) in [5.41, 5.74) is 3.88. The molecule has 2 amide bonds. The molecule has 0 fully saturated rings. The molecule has 3 rings (SSSR count). The standard InChI is InChI=1S/C30H36BrN3O4S/c1-6-14-32-30(36)24(5)33(19-25-8-7-9-26(31)18-25)29(35)20-34(27-16-22(3)15-23(4)17-27)39(37,38)28-12-10-21(2)11-13-28/h7-13,15-18,24H,6,14,19-20H2,1-5H3,(H,32,36). The number of sulfonamides is 1. The molecule has 1 N–H and O–H groups in total. The summed E-state index contributed by atoms with van der Waals surface area (Å²) >= 11 is 3.46. The van der Waals surface area contributed by atoms with Crippen LogP contribution in [0.4, 0.5) is 5.69 Å². The van der Waals surface area contributed by atoms with E-state index >= 15 is 0 Å². The van der Waals surface area contributed by atoms with Gasteiger partial charge in [0.1, 0.15) is 12.6 Å². The molecule has 3 aromatic rings. The van der Waals surface area contributed by atoms with E-state index in [4.69, 9.17) is 0 Å². The van der Waals surface area contributed by atoms with Gasteiger partial charge in [0.15, 0.2) is 0 Å². The molecule has 0 saturated carbocycles. The third-order valence-corrected chi connectivity index (χ3v) is 8.62. The zero-order chi connectivity index (χ0) is 28.7. The van der Waals surface area contributed by atoms with Gasteiger partial charge >= 0.3 is 0 Å². The number of nitrogens with zero attached hydrogens (tertiary/aromatic N) is 2. The molecule has 0 radical (unpaired) electrons. The van der Waals surface area contributed by atoms with E-state index in [1.165, 1.54) is 4.90 Å². The van der Waals surface area contributed by atoms with Crippen molar-refractivity contribution in [2.24, 2.45) is 0 Å². The maximum Gasteiger partial charge on any atom is 0.264 e. The second kappa shape index (κ2) is 13.3. The number of hydrogen-bond acceptors (Lipinski definition) is 4. The molecule has 0 saturated heterocycles. The SMILES string of the molecule is CCCNC(=O)C(C)N(Cc1cccc(Br)c1)C(=O)CN(c1cc(C)cc(C)c1)S(=O)(=O)c1ccc(C)cc1. The monoisotopic (exact) mass is 613 g/mol. The normalized spacial score (nSPS) is 12.1. The maximum absolute atomic E-state index is 14.0. The van der Waals surface area contributed by atoms with Gasteiger partial charge in [0.2, 0.25) is 11.8 Å². The van der Waals surface area contributed by atoms with Crippen LogP contribution >= 0.6 is 15.9 Å². The van der Waals surface area contributed by atoms with Crippen LogP contribution in [0.1, 0.15) is 42.5 Å². The highest BCUT2D eigenvalue weighted by molar-refractivity contribution is 9.10. The molecule has 9 heteroatoms. The molecule has 1 atom stereocenters. The molecule has 3 aromatic carbocycles. The summed E-state index contributed by atoms with van der Waals surface area (Å²) in [6.07, 6.45) is 0.757. The van der Waals surface area contributed by atoms with E-state index in [1.807, 2.05) is 58.0 Å². The lowest BCUT2D eigenvalue weighted by Crippen LogP contribution is -2.51. The van der Waals surface area contributed by atoms with Crippen LogP contribution in [0, 0.1) is 20.8 Å². The van der Waals surface area contributed by atoms with Crippen LogP contribution in [0.2, 0.25) is 0 Å². The van der Waals surface area contributed by atoms with Gasteiger partial charge < -0.3 is 10.2 Å². The number of hydrogen-bond donors (Lipinski definition) is 1. The smallest absolute Gasteiger partial charge is 0.264 e. The third-order valence-electron chi connectivity index (χ3n) is 6.34. The van der Waals surface area contributed by atoms with Gasteiger partial charge in [0.25, 0.3) is 10.0 Å². The van der Waals surface area contributed by atoms with Gasteiger partial charge in [0.05, 0.1) is 10.6 Å². The Hall–Kier alpha value is -3.17. The van der Waals surface area contributed by atoms with Crippen molar-refractivity contribution in [2.75, 3.05) is 17.4 Å². The van der Waals surface area contributed by atoms with E-state index in [0.29, 0.717) is 12.2 Å². The van der Waals surface area contributed by atoms with Crippen molar-refractivity contribution in [3.63, 3.8) is 0 Å². The van der Waals surface area contributed by atoms with Crippen molar-refractivity contribution in [3.8, 4) is 0 Å². The molecule has 0 spiro atoms. The molecule has 39 heavy (non-hydrogen) atoms. The Morgan fingerprint density at radius 2 is 1.56 bits per heavy atom. The lowest BCUT2D eigenvalue weighted by atomic mass is 10.1. The second-order valence-corrected chi connectivity index (χ2v) is 12.6. The van der Waals surface area contributed by atoms with Gasteiger partial charge in [-0.05, 0) is 87.2 Å². The average molecular weight is 615 g/mol. The number of anilines is 1. The first-order valence-corrected chi connectivity index (χ1v) is 15.1. The Morgan fingerprint density at radius 3 is 2.15 bits per heavy atom. The minimum absolute atomic E-state index is 0.0901. The molecule has 0 aliphatic carbocycles. The van der Waals surface area contributed by atoms with Crippen molar-refractivity contribution in [2.45, 2.75) is 58.5 Å². The van der Waals surface area contributed by atoms with Gasteiger partial charge in [-0.2, -0.15) is 0 Å². The fourth-order valence-corrected chi connectivity index (χ4v) is 6.12. The van der Waals surface area contributed by atoms with Crippen LogP contribution in [-0.2, 0) is 26.2 Å². The fourth-order valence-electron chi connectivity index (χ4n) is 4.27. The second-order valence-electron chi connectivity index (χ2n) is 9.79. The van der Waals surface area contributed by atoms with E-state index in [-0.39, 0.29) is 17.3 Å². The lowest BCUT2D eigenvalue weighted by molar-refractivity contribution is -0.139. The zero-order valence-electron chi connectivity index (χ0n) is 23.1. The zero-order valence-corrected chi connectivity index (χ0v) is 25.5. The lowest BCUT2D eigenvalue weighted by Gasteiger charge is -2.32. The first-order valence-electron chi connectivity index (χ1n) is 12.9. The van der Waals surface area contributed by atoms with Crippen molar-refractivity contribution >= 4 is 43.5 Å². The number of halogens is 1. The van der Waals surface area contributed by atoms with E-state index in [9.17, 15) is 18.0 Å². The Balaban J connectivity index is 2.05. The minimum atomic E-state index is -4.09. The molecule has 0 heterocycles. The van der Waals surface area contributed by atoms with Crippen LogP contribution in [0.5, 0.6) is 0 Å². The van der Waals surface area contributed by atoms with Crippen LogP contribution in [0.3, 0.4) is 0 Å². The summed E-state index contributed by atoms with van der Waals surface area (Å²) in [7, 11) is -4.09. The molecule has 0 aromatic heterocycles. The van der Waals surface area contributed by atoms with Crippen LogP contribution < -0.4 is 9.62 Å². The van der Waals surface area contributed by atoms with Crippen molar-refractivity contribution in [1.82, 2.24) is 10.2 Å². The Morgan fingerprint density at radius 1 is 0.923 bits per heavy atom. The first kappa shape index (κ1) is 30.4. The van der Waals surface area contributed by atoms with Crippen molar-refractivity contribution in [1.29, 1.82) is 0 Å². The minimum Gasteiger partial charge on any atom is -0.354 e. The van der Waals surface area contributed by atoms with Gasteiger partial charge in [0, 0.05) is 17.6 Å². The number of amides is 2. The predicted octanol–water partition coefficient (Wildman–Crippen LogP) is 5.51. The Bertz CT molecular complexity index is 1400. The first-order chi connectivity index (χ1) is 18.4. The maximum atomic E-state index is 14.0. The molecule has 1 unspecified atom stereocenters. The highest BCUT2D eigenvalue weighted by Gasteiger charge is 2.32. The molecular weight excluding hydrogens is 578 g/mol. The summed E-state index contributed by atoms with van der Waals surface area (Å²) in [6, 6.07) is 18.7. The summed E-state index contributed by atoms with van der Waals surface area (Å²) in [4.78, 5) is 28.4. The summed E-state index contributed by atoms with van der Waals surface area (Å²) < 4.78 is 29.9. The van der Waals surface area contributed by atoms with Gasteiger partial charge in [-0.15, -0.1) is 0 Å². The third kappa shape index (κ3) is 7.92. The summed E-state index contributed by atoms with van der Waals surface area (Å²) in [5, 5.41) is 2.85. The number of rotatable bonds is 11. The summed E-state index contributed by atoms with van der Waals surface area (Å²) in [5.74, 6) is -0.775. The van der Waals surface area contributed by atoms with Gasteiger partial charge in [-0.1, -0.05) is 58.7 Å². The molecule has 0 aliphatic heterocycles. The van der Waals surface area contributed by atoms with Crippen molar-refractivity contribution in [3.05, 3.63) is 93.5 Å². The van der Waals surface area contributed by atoms with E-state index in [1.54, 1.807) is 43.3 Å². The molecule has 0 bridgehead atoms. The van der Waals surface area contributed by atoms with Crippen LogP contribution in [0.15, 0.2) is 76.1 Å². The number of carbonyl (C=O) groups excluding carboxylic acids is 2. The predicted molar refractivity (Wildman–Crippen MR) is 159 cm³/mol. The van der Waals surface area contributed by atoms with Crippen LogP contribution in [-0.4, -0.2) is 44.3 Å². The van der Waals surface area contributed by atoms with Gasteiger partial charge in [-0.25, -0.2) is 8.42 Å². The van der Waals surface area contributed by atoms with E-state index in [0.717, 1.165) is 37.5 Å². The van der Waals surface area contributed by atoms with E-state index in [2.05, 4.69) is 21.2 Å². The molecule has 7 nitrogen and oxygen atoms in total. The summed E-state index contributed by atoms with van der Waals surface area (Å²) in [6.45, 7) is 9.43. The Kier molecular flexibility index (Phi) is 10.3. The highest BCUT2D eigenvalue weighted by Crippen LogP contribution is 2.27. The Labute approximate surface area is 240 Å². The van der Waals surface area contributed by atoms with Crippen LogP contribution in [0.25, 0.3) is 0 Å². The largest absolute Gasteiger partial charge is 0.354 e. The number of aryl methyl sites for hydroxylation is 3. The molecule has 208 valence electrons. The highest BCUT2D eigenvalue weighted by atomic mass is 79.9. The van der Waals surface area contributed by atoms with Gasteiger partial charge in [-0.3, -0.25) is 13.9 Å². The van der Waals surface area contributed by atoms with Crippen molar-refractivity contribution < 1.29 is 18.0 Å². The van der Waals surface area contributed by atoms with E-state index < -0.39 is 28.5 Å². The molecule has 0 aliphatic rings. The topological polar surface area (TPSA) is 86.8 Å². The average Bonchev–Trinajstić information content (AvgIpc) is 2.88. The molecular formula is C30H36BrN3O4S. The fraction of sp³-hybridized carbons (Fsp3) is 0.333. The number of benzene rings is 3. The number of nitrogens with one attached hydrogen (secondary N) is 1. The quantitative estimate of drug-likeness (QED) is 0.309. The number of carbonyl (C=O) groups is 2.